The van der Waals surface area contributed by atoms with Gasteiger partial charge in [0.25, 0.3) is 5.91 Å². The monoisotopic (exact) mass is 459 g/mol. The van der Waals surface area contributed by atoms with Gasteiger partial charge in [0.2, 0.25) is 0 Å². The number of amides is 1. The van der Waals surface area contributed by atoms with Gasteiger partial charge in [-0.1, -0.05) is 15.9 Å². The predicted molar refractivity (Wildman–Crippen MR) is 113 cm³/mol. The number of rotatable bonds is 7. The number of nitrogens with zero attached hydrogens (tertiary/aromatic N) is 2. The quantitative estimate of drug-likeness (QED) is 0.579. The molecule has 8 heteroatoms. The molecule has 0 saturated carbocycles. The highest BCUT2D eigenvalue weighted by atomic mass is 79.9. The number of hydrogen-bond acceptors (Lipinski definition) is 5. The van der Waals surface area contributed by atoms with Crippen LogP contribution in [-0.4, -0.2) is 37.0 Å². The summed E-state index contributed by atoms with van der Waals surface area (Å²) in [5.74, 6) is 1.53. The molecule has 152 valence electrons. The Hall–Kier alpha value is -3.00. The minimum atomic E-state index is -0.231. The number of halogens is 1. The average molecular weight is 460 g/mol. The molecule has 0 fully saturated rings. The van der Waals surface area contributed by atoms with Gasteiger partial charge >= 0.3 is 0 Å². The van der Waals surface area contributed by atoms with Gasteiger partial charge in [-0.15, -0.1) is 0 Å². The maximum atomic E-state index is 12.8. The van der Waals surface area contributed by atoms with Crippen molar-refractivity contribution in [3.8, 4) is 22.9 Å². The first-order chi connectivity index (χ1) is 14.0. The van der Waals surface area contributed by atoms with E-state index in [-0.39, 0.29) is 12.5 Å². The lowest BCUT2D eigenvalue weighted by atomic mass is 10.1. The highest BCUT2D eigenvalue weighted by Gasteiger charge is 2.18. The summed E-state index contributed by atoms with van der Waals surface area (Å²) in [5.41, 5.74) is 2.85. The van der Waals surface area contributed by atoms with E-state index in [0.717, 1.165) is 21.4 Å². The Morgan fingerprint density at radius 1 is 1.07 bits per heavy atom. The van der Waals surface area contributed by atoms with Gasteiger partial charge in [-0.3, -0.25) is 4.79 Å². The normalized spacial score (nSPS) is 10.5. The largest absolute Gasteiger partial charge is 0.496 e. The Balaban J connectivity index is 1.81. The van der Waals surface area contributed by atoms with Gasteiger partial charge in [-0.2, -0.15) is 5.10 Å². The maximum Gasteiger partial charge on any atom is 0.255 e. The molecule has 29 heavy (non-hydrogen) atoms. The summed E-state index contributed by atoms with van der Waals surface area (Å²) in [6.45, 7) is 2.09. The van der Waals surface area contributed by atoms with E-state index in [0.29, 0.717) is 22.8 Å². The van der Waals surface area contributed by atoms with Crippen LogP contribution in [0, 0.1) is 6.92 Å². The van der Waals surface area contributed by atoms with Crippen molar-refractivity contribution in [2.24, 2.45) is 0 Å². The third-order valence-corrected chi connectivity index (χ3v) is 5.10. The van der Waals surface area contributed by atoms with Crippen LogP contribution in [0.25, 0.3) is 5.69 Å². The third-order valence-electron chi connectivity index (χ3n) is 4.57. The molecule has 0 saturated heterocycles. The van der Waals surface area contributed by atoms with Gasteiger partial charge in [-0.05, 0) is 31.2 Å². The summed E-state index contributed by atoms with van der Waals surface area (Å²) in [6, 6.07) is 11.2. The number of ether oxygens (including phenoxy) is 3. The van der Waals surface area contributed by atoms with Crippen molar-refractivity contribution in [1.29, 1.82) is 0 Å². The lowest BCUT2D eigenvalue weighted by Crippen LogP contribution is -2.24. The highest BCUT2D eigenvalue weighted by molar-refractivity contribution is 9.10. The van der Waals surface area contributed by atoms with E-state index >= 15 is 0 Å². The second-order valence-corrected chi connectivity index (χ2v) is 7.14. The van der Waals surface area contributed by atoms with Crippen molar-refractivity contribution in [2.45, 2.75) is 13.5 Å². The molecule has 1 heterocycles. The molecule has 0 spiro atoms. The van der Waals surface area contributed by atoms with Gasteiger partial charge in [0, 0.05) is 16.6 Å². The first-order valence-electron chi connectivity index (χ1n) is 8.86. The summed E-state index contributed by atoms with van der Waals surface area (Å²) >= 11 is 3.42. The molecule has 0 atom stereocenters. The molecule has 0 aliphatic heterocycles. The minimum Gasteiger partial charge on any atom is -0.496 e. The number of nitrogens with one attached hydrogen (secondary N) is 1. The molecule has 3 aromatic rings. The SMILES string of the molecule is COc1cc(OC)c(CNC(=O)c2cnn(-c3ccc(Br)cc3)c2C)c(OC)c1. The minimum absolute atomic E-state index is 0.231. The first-order valence-corrected chi connectivity index (χ1v) is 9.65. The topological polar surface area (TPSA) is 74.6 Å². The molecule has 7 nitrogen and oxygen atoms in total. The van der Waals surface area contributed by atoms with Gasteiger partial charge < -0.3 is 19.5 Å². The molecule has 1 N–H and O–H groups in total. The van der Waals surface area contributed by atoms with Gasteiger partial charge in [0.05, 0.1) is 56.6 Å². The van der Waals surface area contributed by atoms with E-state index in [2.05, 4.69) is 26.3 Å². The highest BCUT2D eigenvalue weighted by Crippen LogP contribution is 2.34. The van der Waals surface area contributed by atoms with Crippen molar-refractivity contribution in [2.75, 3.05) is 21.3 Å². The second-order valence-electron chi connectivity index (χ2n) is 6.23. The van der Waals surface area contributed by atoms with Crippen LogP contribution in [0.1, 0.15) is 21.6 Å². The van der Waals surface area contributed by atoms with Crippen molar-refractivity contribution < 1.29 is 19.0 Å². The summed E-state index contributed by atoms with van der Waals surface area (Å²) in [4.78, 5) is 12.8. The molecule has 0 radical (unpaired) electrons. The molecule has 1 amide bonds. The zero-order valence-corrected chi connectivity index (χ0v) is 18.2. The summed E-state index contributed by atoms with van der Waals surface area (Å²) in [5, 5.41) is 7.27. The fourth-order valence-corrected chi connectivity index (χ4v) is 3.26. The summed E-state index contributed by atoms with van der Waals surface area (Å²) in [7, 11) is 4.69. The number of benzene rings is 2. The van der Waals surface area contributed by atoms with Crippen molar-refractivity contribution >= 4 is 21.8 Å². The van der Waals surface area contributed by atoms with Crippen LogP contribution in [-0.2, 0) is 6.54 Å². The Bertz CT molecular complexity index is 990. The van der Waals surface area contributed by atoms with Gasteiger partial charge in [0.1, 0.15) is 17.2 Å². The van der Waals surface area contributed by atoms with Crippen molar-refractivity contribution in [3.63, 3.8) is 0 Å². The van der Waals surface area contributed by atoms with E-state index in [1.165, 1.54) is 0 Å². The number of aromatic nitrogens is 2. The van der Waals surface area contributed by atoms with Crippen LogP contribution in [0.15, 0.2) is 47.1 Å². The second kappa shape index (κ2) is 9.00. The Labute approximate surface area is 177 Å². The summed E-state index contributed by atoms with van der Waals surface area (Å²) in [6.07, 6.45) is 1.56. The first kappa shape index (κ1) is 20.7. The number of methoxy groups -OCH3 is 3. The van der Waals surface area contributed by atoms with Crippen LogP contribution in [0.4, 0.5) is 0 Å². The fourth-order valence-electron chi connectivity index (χ4n) is 2.99. The van der Waals surface area contributed by atoms with E-state index in [9.17, 15) is 4.79 Å². The zero-order chi connectivity index (χ0) is 21.0. The van der Waals surface area contributed by atoms with Crippen LogP contribution in [0.2, 0.25) is 0 Å². The van der Waals surface area contributed by atoms with Gasteiger partial charge in [0.15, 0.2) is 0 Å². The summed E-state index contributed by atoms with van der Waals surface area (Å²) < 4.78 is 18.8. The fraction of sp³-hybridized carbons (Fsp3) is 0.238. The van der Waals surface area contributed by atoms with Gasteiger partial charge in [-0.25, -0.2) is 4.68 Å². The predicted octanol–water partition coefficient (Wildman–Crippen LogP) is 3.90. The van der Waals surface area contributed by atoms with Crippen LogP contribution in [0.3, 0.4) is 0 Å². The van der Waals surface area contributed by atoms with E-state index < -0.39 is 0 Å². The Morgan fingerprint density at radius 2 is 1.69 bits per heavy atom. The molecule has 0 aliphatic carbocycles. The molecular weight excluding hydrogens is 438 g/mol. The molecular formula is C21H22BrN3O4. The lowest BCUT2D eigenvalue weighted by molar-refractivity contribution is 0.0950. The zero-order valence-electron chi connectivity index (χ0n) is 16.7. The smallest absolute Gasteiger partial charge is 0.255 e. The van der Waals surface area contributed by atoms with Crippen LogP contribution >= 0.6 is 15.9 Å². The molecule has 1 aromatic heterocycles. The number of hydrogen-bond donors (Lipinski definition) is 1. The molecule has 0 bridgehead atoms. The average Bonchev–Trinajstić information content (AvgIpc) is 3.13. The molecule has 0 aliphatic rings. The standard InChI is InChI=1S/C21H22BrN3O4/c1-13-17(12-24-25(13)15-7-5-14(22)6-8-15)21(26)23-11-18-19(28-3)9-16(27-2)10-20(18)29-4/h5-10,12H,11H2,1-4H3,(H,23,26). The Morgan fingerprint density at radius 3 is 2.24 bits per heavy atom. The molecule has 2 aromatic carbocycles. The van der Waals surface area contributed by atoms with Crippen LogP contribution in [0.5, 0.6) is 17.2 Å². The number of carbonyl (C=O) groups is 1. The molecule has 0 unspecified atom stereocenters. The lowest BCUT2D eigenvalue weighted by Gasteiger charge is -2.15. The Kier molecular flexibility index (Phi) is 6.43. The molecule has 3 rings (SSSR count). The third kappa shape index (κ3) is 4.37. The maximum absolute atomic E-state index is 12.8. The van der Waals surface area contributed by atoms with Crippen molar-refractivity contribution in [1.82, 2.24) is 15.1 Å². The number of carbonyl (C=O) groups excluding carboxylic acids is 1. The van der Waals surface area contributed by atoms with E-state index in [4.69, 9.17) is 14.2 Å². The van der Waals surface area contributed by atoms with Crippen molar-refractivity contribution in [3.05, 3.63) is 63.9 Å². The van der Waals surface area contributed by atoms with E-state index in [1.807, 2.05) is 31.2 Å². The van der Waals surface area contributed by atoms with E-state index in [1.54, 1.807) is 44.3 Å². The van der Waals surface area contributed by atoms with Crippen LogP contribution < -0.4 is 19.5 Å².